The zero-order valence-electron chi connectivity index (χ0n) is 7.16. The van der Waals surface area contributed by atoms with E-state index in [2.05, 4.69) is 4.94 Å². The standard InChI is InChI=1S/C7H11F3O2/c1-6(2,3)4-7(8,9)5(11)12-10/h4H2,1-3H3. The number of halogens is 3. The van der Waals surface area contributed by atoms with E-state index in [1.54, 1.807) is 0 Å². The fraction of sp³-hybridized carbons (Fsp3) is 0.857. The van der Waals surface area contributed by atoms with Crippen molar-refractivity contribution in [2.24, 2.45) is 5.41 Å². The summed E-state index contributed by atoms with van der Waals surface area (Å²) in [5.41, 5.74) is -0.752. The molecule has 0 saturated heterocycles. The number of carbonyl (C=O) groups excluding carboxylic acids is 1. The van der Waals surface area contributed by atoms with E-state index in [4.69, 9.17) is 0 Å². The molecule has 0 amide bonds. The summed E-state index contributed by atoms with van der Waals surface area (Å²) < 4.78 is 36.3. The smallest absolute Gasteiger partial charge is 0.248 e. The Hall–Kier alpha value is -0.740. The molecule has 0 radical (unpaired) electrons. The molecule has 0 atom stereocenters. The van der Waals surface area contributed by atoms with Crippen LogP contribution in [0.15, 0.2) is 0 Å². The molecule has 0 N–H and O–H groups in total. The number of rotatable bonds is 2. The summed E-state index contributed by atoms with van der Waals surface area (Å²) in [6.45, 7) is 4.56. The largest absolute Gasteiger partial charge is 0.417 e. The minimum atomic E-state index is -3.74. The lowest BCUT2D eigenvalue weighted by molar-refractivity contribution is -0.214. The molecule has 72 valence electrons. The fourth-order valence-corrected chi connectivity index (χ4v) is 0.795. The normalized spacial score (nSPS) is 12.8. The van der Waals surface area contributed by atoms with Crippen molar-refractivity contribution in [1.29, 1.82) is 0 Å². The molecule has 0 aromatic heterocycles. The van der Waals surface area contributed by atoms with Crippen molar-refractivity contribution in [3.63, 3.8) is 0 Å². The lowest BCUT2D eigenvalue weighted by atomic mass is 9.89. The highest BCUT2D eigenvalue weighted by atomic mass is 19.3. The zero-order valence-corrected chi connectivity index (χ0v) is 7.16. The molecule has 5 heteroatoms. The second kappa shape index (κ2) is 3.33. The van der Waals surface area contributed by atoms with Crippen molar-refractivity contribution < 1.29 is 23.0 Å². The van der Waals surface area contributed by atoms with Gasteiger partial charge in [0, 0.05) is 10.9 Å². The van der Waals surface area contributed by atoms with Crippen molar-refractivity contribution in [3.05, 3.63) is 0 Å². The Balaban J connectivity index is 4.32. The molecule has 0 fully saturated rings. The van der Waals surface area contributed by atoms with Crippen LogP contribution in [0.4, 0.5) is 13.3 Å². The monoisotopic (exact) mass is 184 g/mol. The molecule has 0 aliphatic rings. The summed E-state index contributed by atoms with van der Waals surface area (Å²) in [6.07, 6.45) is -0.733. The van der Waals surface area contributed by atoms with E-state index in [0.717, 1.165) is 0 Å². The predicted octanol–water partition coefficient (Wildman–Crippen LogP) is 2.49. The van der Waals surface area contributed by atoms with Gasteiger partial charge < -0.3 is 0 Å². The molecular formula is C7H11F3O2. The molecule has 0 spiro atoms. The van der Waals surface area contributed by atoms with Gasteiger partial charge in [0.2, 0.25) is 0 Å². The number of carbonyl (C=O) groups is 1. The molecule has 0 rings (SSSR count). The van der Waals surface area contributed by atoms with Crippen LogP contribution in [0.1, 0.15) is 27.2 Å². The van der Waals surface area contributed by atoms with Gasteiger partial charge in [0.1, 0.15) is 0 Å². The highest BCUT2D eigenvalue weighted by Crippen LogP contribution is 2.32. The van der Waals surface area contributed by atoms with Gasteiger partial charge in [-0.2, -0.15) is 8.78 Å². The molecule has 0 unspecified atom stereocenters. The minimum Gasteiger partial charge on any atom is -0.248 e. The topological polar surface area (TPSA) is 26.3 Å². The Bertz CT molecular complexity index is 172. The summed E-state index contributed by atoms with van der Waals surface area (Å²) >= 11 is 0. The molecule has 0 bridgehead atoms. The maximum Gasteiger partial charge on any atom is 0.417 e. The van der Waals surface area contributed by atoms with E-state index in [9.17, 15) is 18.1 Å². The Kier molecular flexibility index (Phi) is 3.12. The lowest BCUT2D eigenvalue weighted by Gasteiger charge is -2.22. The van der Waals surface area contributed by atoms with E-state index < -0.39 is 23.7 Å². The van der Waals surface area contributed by atoms with Gasteiger partial charge in [-0.1, -0.05) is 20.8 Å². The summed E-state index contributed by atoms with van der Waals surface area (Å²) in [6, 6.07) is 0. The summed E-state index contributed by atoms with van der Waals surface area (Å²) in [5, 5.41) is 0. The predicted molar refractivity (Wildman–Crippen MR) is 36.2 cm³/mol. The Morgan fingerprint density at radius 1 is 1.33 bits per heavy atom. The van der Waals surface area contributed by atoms with E-state index in [1.807, 2.05) is 0 Å². The third kappa shape index (κ3) is 3.59. The molecule has 0 aliphatic heterocycles. The van der Waals surface area contributed by atoms with Gasteiger partial charge in [-0.05, 0) is 5.41 Å². The van der Waals surface area contributed by atoms with E-state index in [-0.39, 0.29) is 0 Å². The molecule has 0 aromatic carbocycles. The highest BCUT2D eigenvalue weighted by Gasteiger charge is 2.44. The quantitative estimate of drug-likeness (QED) is 0.659. The summed E-state index contributed by atoms with van der Waals surface area (Å²) in [5.74, 6) is -5.87. The van der Waals surface area contributed by atoms with Crippen LogP contribution in [0.3, 0.4) is 0 Å². The maximum absolute atomic E-state index is 12.6. The van der Waals surface area contributed by atoms with E-state index >= 15 is 0 Å². The first kappa shape index (κ1) is 11.3. The summed E-state index contributed by atoms with van der Waals surface area (Å²) in [7, 11) is 0. The SMILES string of the molecule is CC(C)(C)CC(F)(F)C(=O)OF. The molecular weight excluding hydrogens is 173 g/mol. The van der Waals surface area contributed by atoms with Crippen LogP contribution >= 0.6 is 0 Å². The molecule has 0 aliphatic carbocycles. The maximum atomic E-state index is 12.6. The van der Waals surface area contributed by atoms with Crippen molar-refractivity contribution in [1.82, 2.24) is 0 Å². The van der Waals surface area contributed by atoms with Crippen LogP contribution in [-0.4, -0.2) is 11.9 Å². The van der Waals surface area contributed by atoms with Gasteiger partial charge in [0.15, 0.2) is 0 Å². The van der Waals surface area contributed by atoms with Crippen LogP contribution in [0.2, 0.25) is 0 Å². The third-order valence-corrected chi connectivity index (χ3v) is 1.12. The van der Waals surface area contributed by atoms with Crippen molar-refractivity contribution >= 4 is 5.97 Å². The first-order chi connectivity index (χ1) is 5.19. The van der Waals surface area contributed by atoms with Gasteiger partial charge in [-0.3, -0.25) is 0 Å². The first-order valence-corrected chi connectivity index (χ1v) is 3.40. The van der Waals surface area contributed by atoms with Gasteiger partial charge in [-0.25, -0.2) is 9.74 Å². The first-order valence-electron chi connectivity index (χ1n) is 3.40. The molecule has 0 heterocycles. The molecule has 2 nitrogen and oxygen atoms in total. The average molecular weight is 184 g/mol. The number of alkyl halides is 2. The third-order valence-electron chi connectivity index (χ3n) is 1.12. The van der Waals surface area contributed by atoms with E-state index in [0.29, 0.717) is 0 Å². The van der Waals surface area contributed by atoms with E-state index in [1.165, 1.54) is 20.8 Å². The Morgan fingerprint density at radius 2 is 1.75 bits per heavy atom. The Morgan fingerprint density at radius 3 is 2.00 bits per heavy atom. The fourth-order valence-electron chi connectivity index (χ4n) is 0.795. The van der Waals surface area contributed by atoms with Crippen molar-refractivity contribution in [3.8, 4) is 0 Å². The van der Waals surface area contributed by atoms with Gasteiger partial charge in [-0.15, -0.1) is 0 Å². The van der Waals surface area contributed by atoms with Crippen LogP contribution in [0, 0.1) is 5.41 Å². The van der Waals surface area contributed by atoms with Gasteiger partial charge in [0.25, 0.3) is 0 Å². The van der Waals surface area contributed by atoms with Gasteiger partial charge in [0.05, 0.1) is 0 Å². The number of hydrogen-bond acceptors (Lipinski definition) is 2. The van der Waals surface area contributed by atoms with Crippen molar-refractivity contribution in [2.75, 3.05) is 0 Å². The summed E-state index contributed by atoms with van der Waals surface area (Å²) in [4.78, 5) is 12.6. The number of hydrogen-bond donors (Lipinski definition) is 0. The second-order valence-electron chi connectivity index (χ2n) is 3.81. The Labute approximate surface area is 68.6 Å². The van der Waals surface area contributed by atoms with Gasteiger partial charge >= 0.3 is 11.9 Å². The zero-order chi connectivity index (χ0) is 9.99. The average Bonchev–Trinajstić information content (AvgIpc) is 1.80. The molecule has 0 saturated carbocycles. The molecule has 0 aromatic rings. The van der Waals surface area contributed by atoms with Crippen molar-refractivity contribution in [2.45, 2.75) is 33.1 Å². The minimum absolute atomic E-state index is 0.733. The lowest BCUT2D eigenvalue weighted by Crippen LogP contribution is -2.33. The molecule has 12 heavy (non-hydrogen) atoms. The van der Waals surface area contributed by atoms with Crippen LogP contribution in [-0.2, 0) is 9.74 Å². The highest BCUT2D eigenvalue weighted by molar-refractivity contribution is 5.76. The van der Waals surface area contributed by atoms with Crippen LogP contribution in [0.25, 0.3) is 0 Å². The van der Waals surface area contributed by atoms with Crippen LogP contribution < -0.4 is 0 Å². The van der Waals surface area contributed by atoms with Crippen LogP contribution in [0.5, 0.6) is 0 Å². The second-order valence-corrected chi connectivity index (χ2v) is 3.81.